The number of ether oxygens (including phenoxy) is 2. The van der Waals surface area contributed by atoms with Gasteiger partial charge in [0.1, 0.15) is 11.9 Å². The average Bonchev–Trinajstić information content (AvgIpc) is 2.76. The molecule has 0 aromatic heterocycles. The summed E-state index contributed by atoms with van der Waals surface area (Å²) in [5.41, 5.74) is 1.19. The zero-order valence-electron chi connectivity index (χ0n) is 12.4. The van der Waals surface area contributed by atoms with Gasteiger partial charge in [0.05, 0.1) is 6.61 Å². The van der Waals surface area contributed by atoms with E-state index in [0.717, 1.165) is 6.54 Å². The molecular weight excluding hydrogens is 254 g/mol. The van der Waals surface area contributed by atoms with Gasteiger partial charge in [-0.15, -0.1) is 0 Å². The molecule has 1 aromatic carbocycles. The Kier molecular flexibility index (Phi) is 4.91. The quantitative estimate of drug-likeness (QED) is 0.866. The monoisotopic (exact) mass is 277 g/mol. The third-order valence-corrected chi connectivity index (χ3v) is 3.40. The fraction of sp³-hybridized carbons (Fsp3) is 0.562. The number of hydrogen-bond acceptors (Lipinski definition) is 4. The van der Waals surface area contributed by atoms with Gasteiger partial charge in [-0.05, 0) is 26.3 Å². The minimum Gasteiger partial charge on any atom is -0.348 e. The second kappa shape index (κ2) is 6.48. The van der Waals surface area contributed by atoms with Crippen molar-refractivity contribution >= 4 is 5.78 Å². The van der Waals surface area contributed by atoms with Crippen molar-refractivity contribution in [3.63, 3.8) is 0 Å². The molecule has 1 aliphatic heterocycles. The molecule has 1 aliphatic rings. The lowest BCUT2D eigenvalue weighted by Gasteiger charge is -2.24. The molecule has 1 fully saturated rings. The highest BCUT2D eigenvalue weighted by Crippen LogP contribution is 2.25. The summed E-state index contributed by atoms with van der Waals surface area (Å²) in [6, 6.07) is 10.1. The molecule has 1 saturated heterocycles. The molecule has 0 saturated carbocycles. The molecular formula is C16H23NO3. The van der Waals surface area contributed by atoms with Crippen LogP contribution in [0.5, 0.6) is 0 Å². The average molecular weight is 277 g/mol. The van der Waals surface area contributed by atoms with E-state index < -0.39 is 5.79 Å². The van der Waals surface area contributed by atoms with Gasteiger partial charge in [0.25, 0.3) is 0 Å². The Morgan fingerprint density at radius 1 is 1.40 bits per heavy atom. The summed E-state index contributed by atoms with van der Waals surface area (Å²) in [6.07, 6.45) is 0.370. The van der Waals surface area contributed by atoms with E-state index in [9.17, 15) is 4.79 Å². The summed E-state index contributed by atoms with van der Waals surface area (Å²) in [5.74, 6) is -0.405. The van der Waals surface area contributed by atoms with Crippen LogP contribution >= 0.6 is 0 Å². The molecule has 0 bridgehead atoms. The first-order chi connectivity index (χ1) is 9.46. The van der Waals surface area contributed by atoms with E-state index in [1.807, 2.05) is 32.0 Å². The standard InChI is InChI=1S/C16H23NO3/c1-12(18)9-14(15-11-19-16(2,3)20-15)17-10-13-7-5-4-6-8-13/h4-8,14-15,17H,9-11H2,1-3H3/t14-,15-/m0/s1. The minimum absolute atomic E-state index is 0.0190. The Labute approximate surface area is 120 Å². The maximum absolute atomic E-state index is 11.4. The number of benzene rings is 1. The van der Waals surface area contributed by atoms with Crippen molar-refractivity contribution in [2.45, 2.75) is 51.7 Å². The van der Waals surface area contributed by atoms with Crippen LogP contribution in [0.15, 0.2) is 30.3 Å². The number of carbonyl (C=O) groups is 1. The lowest BCUT2D eigenvalue weighted by Crippen LogP contribution is -2.43. The fourth-order valence-electron chi connectivity index (χ4n) is 2.40. The number of ketones is 1. The largest absolute Gasteiger partial charge is 0.348 e. The van der Waals surface area contributed by atoms with Gasteiger partial charge in [0, 0.05) is 19.0 Å². The van der Waals surface area contributed by atoms with E-state index in [1.165, 1.54) is 5.56 Å². The first-order valence-corrected chi connectivity index (χ1v) is 7.05. The Hall–Kier alpha value is -1.23. The number of nitrogens with one attached hydrogen (secondary N) is 1. The normalized spacial score (nSPS) is 22.6. The van der Waals surface area contributed by atoms with Gasteiger partial charge >= 0.3 is 0 Å². The van der Waals surface area contributed by atoms with Gasteiger partial charge < -0.3 is 14.8 Å². The number of Topliss-reactive ketones (excluding diaryl/α,β-unsaturated/α-hetero) is 1. The molecule has 2 rings (SSSR count). The van der Waals surface area contributed by atoms with Crippen molar-refractivity contribution < 1.29 is 14.3 Å². The zero-order valence-corrected chi connectivity index (χ0v) is 12.4. The minimum atomic E-state index is -0.561. The van der Waals surface area contributed by atoms with Crippen molar-refractivity contribution in [2.24, 2.45) is 0 Å². The van der Waals surface area contributed by atoms with Crippen molar-refractivity contribution in [2.75, 3.05) is 6.61 Å². The second-order valence-corrected chi connectivity index (χ2v) is 5.75. The molecule has 0 amide bonds. The summed E-state index contributed by atoms with van der Waals surface area (Å²) in [4.78, 5) is 11.4. The summed E-state index contributed by atoms with van der Waals surface area (Å²) in [6.45, 7) is 6.65. The first-order valence-electron chi connectivity index (χ1n) is 7.05. The molecule has 0 radical (unpaired) electrons. The molecule has 1 N–H and O–H groups in total. The third kappa shape index (κ3) is 4.40. The molecule has 2 atom stereocenters. The van der Waals surface area contributed by atoms with Crippen molar-refractivity contribution in [3.05, 3.63) is 35.9 Å². The van der Waals surface area contributed by atoms with Gasteiger partial charge in [-0.25, -0.2) is 0 Å². The van der Waals surface area contributed by atoms with E-state index in [2.05, 4.69) is 17.4 Å². The van der Waals surface area contributed by atoms with Crippen LogP contribution in [0.25, 0.3) is 0 Å². The van der Waals surface area contributed by atoms with Gasteiger partial charge in [-0.1, -0.05) is 30.3 Å². The van der Waals surface area contributed by atoms with Crippen LogP contribution in [0.3, 0.4) is 0 Å². The number of rotatable bonds is 6. The molecule has 0 spiro atoms. The molecule has 4 nitrogen and oxygen atoms in total. The summed E-state index contributed by atoms with van der Waals surface area (Å²) in [7, 11) is 0. The third-order valence-electron chi connectivity index (χ3n) is 3.40. The lowest BCUT2D eigenvalue weighted by atomic mass is 10.0. The van der Waals surface area contributed by atoms with Gasteiger partial charge in [-0.2, -0.15) is 0 Å². The van der Waals surface area contributed by atoms with Crippen molar-refractivity contribution in [3.8, 4) is 0 Å². The van der Waals surface area contributed by atoms with E-state index in [-0.39, 0.29) is 17.9 Å². The van der Waals surface area contributed by atoms with Gasteiger partial charge in [0.2, 0.25) is 0 Å². The van der Waals surface area contributed by atoms with Crippen LogP contribution in [0.4, 0.5) is 0 Å². The predicted molar refractivity (Wildman–Crippen MR) is 77.3 cm³/mol. The van der Waals surface area contributed by atoms with Crippen LogP contribution < -0.4 is 5.32 Å². The highest BCUT2D eigenvalue weighted by atomic mass is 16.7. The zero-order chi connectivity index (χ0) is 14.6. The molecule has 1 heterocycles. The van der Waals surface area contributed by atoms with E-state index in [1.54, 1.807) is 6.92 Å². The maximum atomic E-state index is 11.4. The Morgan fingerprint density at radius 3 is 2.65 bits per heavy atom. The molecule has 110 valence electrons. The highest BCUT2D eigenvalue weighted by Gasteiger charge is 2.37. The molecule has 20 heavy (non-hydrogen) atoms. The Bertz CT molecular complexity index is 444. The van der Waals surface area contributed by atoms with Crippen LogP contribution in [0.1, 0.15) is 32.8 Å². The Balaban J connectivity index is 1.95. The molecule has 0 aliphatic carbocycles. The van der Waals surface area contributed by atoms with Crippen LogP contribution in [0.2, 0.25) is 0 Å². The summed E-state index contributed by atoms with van der Waals surface area (Å²) >= 11 is 0. The van der Waals surface area contributed by atoms with Crippen molar-refractivity contribution in [1.82, 2.24) is 5.32 Å². The number of hydrogen-bond donors (Lipinski definition) is 1. The summed E-state index contributed by atoms with van der Waals surface area (Å²) in [5, 5.41) is 3.42. The SMILES string of the molecule is CC(=O)C[C@H](NCc1ccccc1)[C@@H]1COC(C)(C)O1. The van der Waals surface area contributed by atoms with E-state index in [0.29, 0.717) is 13.0 Å². The van der Waals surface area contributed by atoms with Gasteiger partial charge in [-0.3, -0.25) is 4.79 Å². The molecule has 4 heteroatoms. The second-order valence-electron chi connectivity index (χ2n) is 5.75. The smallest absolute Gasteiger partial charge is 0.163 e. The van der Waals surface area contributed by atoms with Crippen LogP contribution in [-0.2, 0) is 20.8 Å². The summed E-state index contributed by atoms with van der Waals surface area (Å²) < 4.78 is 11.5. The van der Waals surface area contributed by atoms with Gasteiger partial charge in [0.15, 0.2) is 5.79 Å². The van der Waals surface area contributed by atoms with Crippen molar-refractivity contribution in [1.29, 1.82) is 0 Å². The van der Waals surface area contributed by atoms with Crippen LogP contribution in [0, 0.1) is 0 Å². The predicted octanol–water partition coefficient (Wildman–Crippen LogP) is 2.28. The molecule has 0 unspecified atom stereocenters. The van der Waals surface area contributed by atoms with E-state index in [4.69, 9.17) is 9.47 Å². The maximum Gasteiger partial charge on any atom is 0.163 e. The van der Waals surface area contributed by atoms with Crippen LogP contribution in [-0.4, -0.2) is 30.3 Å². The topological polar surface area (TPSA) is 47.6 Å². The first kappa shape index (κ1) is 15.2. The molecule has 1 aromatic rings. The number of carbonyl (C=O) groups excluding carboxylic acids is 1. The fourth-order valence-corrected chi connectivity index (χ4v) is 2.40. The Morgan fingerprint density at radius 2 is 2.10 bits per heavy atom. The highest BCUT2D eigenvalue weighted by molar-refractivity contribution is 5.76. The lowest BCUT2D eigenvalue weighted by molar-refractivity contribution is -0.143. The van der Waals surface area contributed by atoms with E-state index >= 15 is 0 Å².